The number of carbonyl (C=O) groups is 2. The fourth-order valence-electron chi connectivity index (χ4n) is 4.77. The van der Waals surface area contributed by atoms with Crippen molar-refractivity contribution in [1.29, 1.82) is 0 Å². The van der Waals surface area contributed by atoms with E-state index < -0.39 is 32.5 Å². The highest BCUT2D eigenvalue weighted by Gasteiger charge is 2.21. The van der Waals surface area contributed by atoms with E-state index in [2.05, 4.69) is 13.8 Å². The van der Waals surface area contributed by atoms with Gasteiger partial charge in [-0.3, -0.25) is 14.2 Å². The summed E-state index contributed by atoms with van der Waals surface area (Å²) in [6.07, 6.45) is 23.0. The molecule has 10 heteroatoms. The molecule has 0 aromatic carbocycles. The molecule has 0 aliphatic heterocycles. The highest BCUT2D eigenvalue weighted by molar-refractivity contribution is 7.45. The van der Waals surface area contributed by atoms with Crippen molar-refractivity contribution in [2.24, 2.45) is 0 Å². The number of ether oxygens (including phenoxy) is 2. The Morgan fingerprint density at radius 3 is 1.45 bits per heavy atom. The maximum atomic E-state index is 12.5. The first kappa shape index (κ1) is 43.0. The summed E-state index contributed by atoms with van der Waals surface area (Å²) in [6, 6.07) is 0. The summed E-state index contributed by atoms with van der Waals surface area (Å²) in [5.74, 6) is -0.839. The molecule has 2 atom stereocenters. The van der Waals surface area contributed by atoms with E-state index in [0.717, 1.165) is 38.5 Å². The summed E-state index contributed by atoms with van der Waals surface area (Å²) in [5.41, 5.74) is 0. The molecule has 0 aliphatic carbocycles. The van der Waals surface area contributed by atoms with E-state index >= 15 is 0 Å². The third-order valence-electron chi connectivity index (χ3n) is 7.63. The molecule has 262 valence electrons. The van der Waals surface area contributed by atoms with Gasteiger partial charge in [-0.2, -0.15) is 0 Å². The Kier molecular flexibility index (Phi) is 27.6. The van der Waals surface area contributed by atoms with E-state index in [4.69, 9.17) is 18.5 Å². The number of carbonyl (C=O) groups excluding carboxylic acids is 2. The molecule has 0 spiro atoms. The van der Waals surface area contributed by atoms with Gasteiger partial charge >= 0.3 is 11.9 Å². The van der Waals surface area contributed by atoms with Crippen molar-refractivity contribution < 1.29 is 42.1 Å². The highest BCUT2D eigenvalue weighted by atomic mass is 31.2. The lowest BCUT2D eigenvalue weighted by Gasteiger charge is -2.28. The van der Waals surface area contributed by atoms with Crippen molar-refractivity contribution >= 4 is 19.8 Å². The van der Waals surface area contributed by atoms with Gasteiger partial charge in [-0.25, -0.2) is 0 Å². The zero-order valence-electron chi connectivity index (χ0n) is 29.1. The van der Waals surface area contributed by atoms with Crippen LogP contribution in [0.1, 0.15) is 155 Å². The number of hydrogen-bond acceptors (Lipinski definition) is 8. The Morgan fingerprint density at radius 1 is 0.614 bits per heavy atom. The first-order chi connectivity index (χ1) is 21.0. The number of phosphoric ester groups is 1. The molecule has 0 rings (SSSR count). The van der Waals surface area contributed by atoms with Gasteiger partial charge in [0, 0.05) is 12.8 Å². The van der Waals surface area contributed by atoms with Gasteiger partial charge in [-0.15, -0.1) is 0 Å². The van der Waals surface area contributed by atoms with E-state index in [9.17, 15) is 19.0 Å². The Morgan fingerprint density at radius 2 is 1.02 bits per heavy atom. The molecule has 0 saturated heterocycles. The SMILES string of the molecule is CCCCCCCCCCCCCCCCC(=O)OC(COC(=O)CCCCCCCC)COP(=O)([O-])OCC[N+](C)(C)C. The van der Waals surface area contributed by atoms with Crippen LogP contribution < -0.4 is 4.89 Å². The van der Waals surface area contributed by atoms with E-state index in [1.54, 1.807) is 0 Å². The quantitative estimate of drug-likeness (QED) is 0.0310. The lowest BCUT2D eigenvalue weighted by atomic mass is 10.0. The maximum absolute atomic E-state index is 12.5. The summed E-state index contributed by atoms with van der Waals surface area (Å²) in [7, 11) is 1.17. The highest BCUT2D eigenvalue weighted by Crippen LogP contribution is 2.38. The molecule has 44 heavy (non-hydrogen) atoms. The average Bonchev–Trinajstić information content (AvgIpc) is 2.95. The zero-order chi connectivity index (χ0) is 32.9. The number of hydrogen-bond donors (Lipinski definition) is 0. The molecule has 9 nitrogen and oxygen atoms in total. The summed E-state index contributed by atoms with van der Waals surface area (Å²) in [5, 5.41) is 0. The molecule has 0 radical (unpaired) electrons. The summed E-state index contributed by atoms with van der Waals surface area (Å²) in [4.78, 5) is 37.0. The monoisotopic (exact) mass is 649 g/mol. The standard InChI is InChI=1S/C34H68NO8P/c1-6-8-10-12-14-15-16-17-18-19-20-21-23-25-27-34(37)43-32(30-40-33(36)26-24-22-13-11-9-7-2)31-42-44(38,39)41-29-28-35(3,4)5/h32H,6-31H2,1-5H3. The molecule has 2 unspecified atom stereocenters. The lowest BCUT2D eigenvalue weighted by molar-refractivity contribution is -0.870. The van der Waals surface area contributed by atoms with E-state index in [1.807, 2.05) is 21.1 Å². The molecular weight excluding hydrogens is 581 g/mol. The minimum absolute atomic E-state index is 0.0267. The number of likely N-dealkylation sites (N-methyl/N-ethyl adjacent to an activating group) is 1. The van der Waals surface area contributed by atoms with Gasteiger partial charge in [0.1, 0.15) is 19.8 Å². The van der Waals surface area contributed by atoms with Crippen LogP contribution in [0, 0.1) is 0 Å². The van der Waals surface area contributed by atoms with Crippen molar-refractivity contribution in [3.8, 4) is 0 Å². The second-order valence-corrected chi connectivity index (χ2v) is 14.7. The molecule has 0 heterocycles. The van der Waals surface area contributed by atoms with Gasteiger partial charge < -0.3 is 27.9 Å². The third-order valence-corrected chi connectivity index (χ3v) is 8.59. The van der Waals surface area contributed by atoms with Crippen LogP contribution in [0.3, 0.4) is 0 Å². The second kappa shape index (κ2) is 28.3. The number of nitrogens with zero attached hydrogens (tertiary/aromatic N) is 1. The van der Waals surface area contributed by atoms with Crippen molar-refractivity contribution in [3.05, 3.63) is 0 Å². The Labute approximate surface area is 270 Å². The molecule has 0 saturated carbocycles. The first-order valence-electron chi connectivity index (χ1n) is 17.7. The van der Waals surface area contributed by atoms with Gasteiger partial charge in [0.05, 0.1) is 27.7 Å². The van der Waals surface area contributed by atoms with Gasteiger partial charge in [-0.05, 0) is 12.8 Å². The Bertz CT molecular complexity index is 743. The predicted octanol–water partition coefficient (Wildman–Crippen LogP) is 8.27. The zero-order valence-corrected chi connectivity index (χ0v) is 30.0. The van der Waals surface area contributed by atoms with Gasteiger partial charge in [0.15, 0.2) is 6.10 Å². The topological polar surface area (TPSA) is 111 Å². The third kappa shape index (κ3) is 31.0. The average molecular weight is 650 g/mol. The molecule has 0 bridgehead atoms. The van der Waals surface area contributed by atoms with Gasteiger partial charge in [-0.1, -0.05) is 129 Å². The summed E-state index contributed by atoms with van der Waals surface area (Å²) < 4.78 is 33.5. The molecule has 0 fully saturated rings. The van der Waals surface area contributed by atoms with Crippen LogP contribution in [0.15, 0.2) is 0 Å². The minimum Gasteiger partial charge on any atom is -0.756 e. The van der Waals surface area contributed by atoms with Crippen LogP contribution in [0.2, 0.25) is 0 Å². The maximum Gasteiger partial charge on any atom is 0.306 e. The predicted molar refractivity (Wildman–Crippen MR) is 176 cm³/mol. The number of quaternary nitrogens is 1. The number of unbranched alkanes of at least 4 members (excludes halogenated alkanes) is 18. The molecule has 0 N–H and O–H groups in total. The number of rotatable bonds is 32. The minimum atomic E-state index is -4.60. The summed E-state index contributed by atoms with van der Waals surface area (Å²) >= 11 is 0. The molecule has 0 aliphatic rings. The van der Waals surface area contributed by atoms with Crippen LogP contribution in [-0.2, 0) is 32.7 Å². The second-order valence-electron chi connectivity index (χ2n) is 13.2. The molecular formula is C34H68NO8P. The largest absolute Gasteiger partial charge is 0.756 e. The van der Waals surface area contributed by atoms with Crippen molar-refractivity contribution in [3.63, 3.8) is 0 Å². The first-order valence-corrected chi connectivity index (χ1v) is 19.2. The van der Waals surface area contributed by atoms with Gasteiger partial charge in [0.2, 0.25) is 0 Å². The van der Waals surface area contributed by atoms with Crippen molar-refractivity contribution in [1.82, 2.24) is 0 Å². The van der Waals surface area contributed by atoms with Crippen molar-refractivity contribution in [2.45, 2.75) is 161 Å². The smallest absolute Gasteiger partial charge is 0.306 e. The van der Waals surface area contributed by atoms with Gasteiger partial charge in [0.25, 0.3) is 7.82 Å². The van der Waals surface area contributed by atoms with E-state index in [-0.39, 0.29) is 26.1 Å². The Hall–Kier alpha value is -0.990. The van der Waals surface area contributed by atoms with Crippen LogP contribution in [0.5, 0.6) is 0 Å². The number of phosphoric acid groups is 1. The summed E-state index contributed by atoms with van der Waals surface area (Å²) in [6.45, 7) is 4.15. The normalized spacial score (nSPS) is 13.9. The van der Waals surface area contributed by atoms with Crippen LogP contribution in [0.25, 0.3) is 0 Å². The van der Waals surface area contributed by atoms with Crippen LogP contribution in [-0.4, -0.2) is 70.0 Å². The molecule has 0 aromatic rings. The van der Waals surface area contributed by atoms with E-state index in [0.29, 0.717) is 17.4 Å². The van der Waals surface area contributed by atoms with Crippen LogP contribution >= 0.6 is 7.82 Å². The fraction of sp³-hybridized carbons (Fsp3) is 0.941. The Balaban J connectivity index is 4.38. The fourth-order valence-corrected chi connectivity index (χ4v) is 5.50. The molecule has 0 aromatic heterocycles. The lowest BCUT2D eigenvalue weighted by Crippen LogP contribution is -2.37. The molecule has 0 amide bonds. The number of esters is 2. The van der Waals surface area contributed by atoms with Crippen molar-refractivity contribution in [2.75, 3.05) is 47.5 Å². The van der Waals surface area contributed by atoms with E-state index in [1.165, 1.54) is 83.5 Å². The van der Waals surface area contributed by atoms with Crippen LogP contribution in [0.4, 0.5) is 0 Å².